The van der Waals surface area contributed by atoms with Crippen molar-refractivity contribution in [3.05, 3.63) is 41.8 Å². The monoisotopic (exact) mass is 365 g/mol. The van der Waals surface area contributed by atoms with Gasteiger partial charge in [0.15, 0.2) is 11.5 Å². The minimum atomic E-state index is -0.0173. The molecule has 0 atom stereocenters. The maximum Gasteiger partial charge on any atom is 1.00 e. The van der Waals surface area contributed by atoms with Crippen LogP contribution in [0.1, 0.15) is 0 Å². The zero-order chi connectivity index (χ0) is 17.1. The third kappa shape index (κ3) is 3.93. The summed E-state index contributed by atoms with van der Waals surface area (Å²) in [6.45, 7) is 0. The Morgan fingerprint density at radius 3 is 2.00 bits per heavy atom. The first kappa shape index (κ1) is 19.6. The summed E-state index contributed by atoms with van der Waals surface area (Å²) in [4.78, 5) is 0. The largest absolute Gasteiger partial charge is 1.00 e. The van der Waals surface area contributed by atoms with Gasteiger partial charge in [-0.05, 0) is 29.2 Å². The SMILES string of the molecule is COc1cc(-c2nscc2-c2ccc([O-])cc2)cc(OC)c1OC.[Na+]. The molecule has 0 radical (unpaired) electrons. The van der Waals surface area contributed by atoms with Crippen LogP contribution in [0.25, 0.3) is 22.4 Å². The fourth-order valence-corrected chi connectivity index (χ4v) is 3.22. The van der Waals surface area contributed by atoms with Crippen LogP contribution < -0.4 is 48.9 Å². The minimum Gasteiger partial charge on any atom is -0.872 e. The van der Waals surface area contributed by atoms with E-state index >= 15 is 0 Å². The van der Waals surface area contributed by atoms with Crippen LogP contribution in [0.15, 0.2) is 41.8 Å². The molecular weight excluding hydrogens is 349 g/mol. The van der Waals surface area contributed by atoms with E-state index in [4.69, 9.17) is 14.2 Å². The molecule has 7 heteroatoms. The molecule has 0 spiro atoms. The number of nitrogens with zero attached hydrogens (tertiary/aromatic N) is 1. The predicted octanol–water partition coefficient (Wildman–Crippen LogP) is 0.580. The summed E-state index contributed by atoms with van der Waals surface area (Å²) in [6, 6.07) is 10.4. The molecule has 0 aliphatic heterocycles. The fourth-order valence-electron chi connectivity index (χ4n) is 2.50. The second-order valence-electron chi connectivity index (χ2n) is 5.02. The zero-order valence-corrected chi connectivity index (χ0v) is 17.3. The Kier molecular flexibility index (Phi) is 6.72. The standard InChI is InChI=1S/C18H17NO4S.Na/c1-21-15-8-12(9-16(22-2)18(15)23-3)17-14(10-24-19-17)11-4-6-13(20)7-5-11;/h4-10,20H,1-3H3;/q;+1/p-1. The molecule has 0 amide bonds. The van der Waals surface area contributed by atoms with Crippen LogP contribution in [-0.2, 0) is 0 Å². The van der Waals surface area contributed by atoms with E-state index < -0.39 is 0 Å². The molecule has 1 heterocycles. The van der Waals surface area contributed by atoms with Crippen molar-refractivity contribution in [2.45, 2.75) is 0 Å². The molecule has 0 fully saturated rings. The van der Waals surface area contributed by atoms with E-state index in [0.29, 0.717) is 17.2 Å². The van der Waals surface area contributed by atoms with Crippen LogP contribution >= 0.6 is 11.5 Å². The summed E-state index contributed by atoms with van der Waals surface area (Å²) in [7, 11) is 4.73. The van der Waals surface area contributed by atoms with Crippen molar-refractivity contribution < 1.29 is 48.9 Å². The Morgan fingerprint density at radius 1 is 0.880 bits per heavy atom. The van der Waals surface area contributed by atoms with Crippen LogP contribution in [0.5, 0.6) is 23.0 Å². The third-order valence-electron chi connectivity index (χ3n) is 3.67. The van der Waals surface area contributed by atoms with Crippen LogP contribution in [0.2, 0.25) is 0 Å². The maximum atomic E-state index is 11.3. The Bertz CT molecular complexity index is 824. The third-order valence-corrected chi connectivity index (χ3v) is 4.30. The number of ether oxygens (including phenoxy) is 3. The molecule has 0 N–H and O–H groups in total. The first-order valence-corrected chi connectivity index (χ1v) is 8.03. The van der Waals surface area contributed by atoms with Gasteiger partial charge in [0, 0.05) is 16.5 Å². The molecule has 0 unspecified atom stereocenters. The Morgan fingerprint density at radius 2 is 1.48 bits per heavy atom. The molecule has 0 saturated carbocycles. The van der Waals surface area contributed by atoms with Gasteiger partial charge in [0.05, 0.1) is 27.0 Å². The summed E-state index contributed by atoms with van der Waals surface area (Å²) in [5, 5.41) is 13.3. The zero-order valence-electron chi connectivity index (χ0n) is 14.5. The van der Waals surface area contributed by atoms with Gasteiger partial charge in [-0.3, -0.25) is 0 Å². The Balaban J connectivity index is 0.00000225. The Hall–Kier alpha value is -1.73. The first-order valence-electron chi connectivity index (χ1n) is 7.20. The van der Waals surface area contributed by atoms with E-state index in [0.717, 1.165) is 22.4 Å². The Labute approximate surface area is 172 Å². The van der Waals surface area contributed by atoms with E-state index in [1.54, 1.807) is 45.6 Å². The quantitative estimate of drug-likeness (QED) is 0.619. The van der Waals surface area contributed by atoms with Gasteiger partial charge in [0.25, 0.3) is 0 Å². The second-order valence-corrected chi connectivity index (χ2v) is 5.64. The average Bonchev–Trinajstić information content (AvgIpc) is 3.10. The summed E-state index contributed by atoms with van der Waals surface area (Å²) in [5.41, 5.74) is 3.55. The van der Waals surface area contributed by atoms with Gasteiger partial charge in [-0.25, -0.2) is 0 Å². The van der Waals surface area contributed by atoms with Crippen molar-refractivity contribution in [1.29, 1.82) is 0 Å². The van der Waals surface area contributed by atoms with Gasteiger partial charge in [-0.15, -0.1) is 5.75 Å². The summed E-state index contributed by atoms with van der Waals surface area (Å²) in [6.07, 6.45) is 0. The van der Waals surface area contributed by atoms with Crippen LogP contribution in [0.4, 0.5) is 0 Å². The molecule has 0 saturated heterocycles. The van der Waals surface area contributed by atoms with Gasteiger partial charge in [0.1, 0.15) is 0 Å². The second kappa shape index (κ2) is 8.58. The van der Waals surface area contributed by atoms with Gasteiger partial charge < -0.3 is 19.3 Å². The van der Waals surface area contributed by atoms with E-state index in [2.05, 4.69) is 4.37 Å². The first-order chi connectivity index (χ1) is 11.7. The molecule has 0 aliphatic rings. The predicted molar refractivity (Wildman–Crippen MR) is 92.1 cm³/mol. The van der Waals surface area contributed by atoms with Crippen LogP contribution in [-0.4, -0.2) is 25.7 Å². The van der Waals surface area contributed by atoms with Crippen molar-refractivity contribution in [2.75, 3.05) is 21.3 Å². The van der Waals surface area contributed by atoms with Gasteiger partial charge in [-0.2, -0.15) is 4.37 Å². The molecular formula is C18H16NNaO4S. The van der Waals surface area contributed by atoms with Crippen molar-refractivity contribution in [1.82, 2.24) is 4.37 Å². The molecule has 3 rings (SSSR count). The smallest absolute Gasteiger partial charge is 0.872 e. The molecule has 124 valence electrons. The van der Waals surface area contributed by atoms with Gasteiger partial charge >= 0.3 is 29.6 Å². The van der Waals surface area contributed by atoms with Crippen molar-refractivity contribution in [2.24, 2.45) is 0 Å². The number of hydrogen-bond donors (Lipinski definition) is 0. The normalized spacial score (nSPS) is 10.0. The van der Waals surface area contributed by atoms with E-state index in [9.17, 15) is 5.11 Å². The molecule has 3 aromatic rings. The van der Waals surface area contributed by atoms with E-state index in [1.807, 2.05) is 17.5 Å². The van der Waals surface area contributed by atoms with Crippen LogP contribution in [0.3, 0.4) is 0 Å². The summed E-state index contributed by atoms with van der Waals surface area (Å²) in [5.74, 6) is 1.66. The van der Waals surface area contributed by atoms with Crippen molar-refractivity contribution >= 4 is 11.5 Å². The van der Waals surface area contributed by atoms with Gasteiger partial charge in [-0.1, -0.05) is 24.3 Å². The molecule has 1 aromatic heterocycles. The molecule has 0 bridgehead atoms. The maximum absolute atomic E-state index is 11.3. The fraction of sp³-hybridized carbons (Fsp3) is 0.167. The number of methoxy groups -OCH3 is 3. The topological polar surface area (TPSA) is 63.6 Å². The number of benzene rings is 2. The summed E-state index contributed by atoms with van der Waals surface area (Å²) < 4.78 is 20.7. The molecule has 5 nitrogen and oxygen atoms in total. The van der Waals surface area contributed by atoms with E-state index in [-0.39, 0.29) is 35.3 Å². The van der Waals surface area contributed by atoms with Crippen molar-refractivity contribution in [3.63, 3.8) is 0 Å². The van der Waals surface area contributed by atoms with E-state index in [1.165, 1.54) is 11.5 Å². The summed E-state index contributed by atoms with van der Waals surface area (Å²) >= 11 is 1.36. The van der Waals surface area contributed by atoms with Gasteiger partial charge in [0.2, 0.25) is 5.75 Å². The number of rotatable bonds is 5. The minimum absolute atomic E-state index is 0. The molecule has 2 aromatic carbocycles. The number of aromatic nitrogens is 1. The molecule has 25 heavy (non-hydrogen) atoms. The average molecular weight is 365 g/mol. The molecule has 0 aliphatic carbocycles. The number of hydrogen-bond acceptors (Lipinski definition) is 6. The van der Waals surface area contributed by atoms with Crippen molar-refractivity contribution in [3.8, 4) is 45.4 Å². The van der Waals surface area contributed by atoms with Crippen LogP contribution in [0, 0.1) is 0 Å².